The Morgan fingerprint density at radius 3 is 2.36 bits per heavy atom. The Labute approximate surface area is 79.3 Å². The molecule has 0 aliphatic heterocycles. The molecule has 1 rings (SSSR count). The minimum absolute atomic E-state index is 0. The number of hydrogen-bond donors (Lipinski definition) is 0. The van der Waals surface area contributed by atoms with Gasteiger partial charge in [0.15, 0.2) is 0 Å². The third-order valence-corrected chi connectivity index (χ3v) is 0.889. The molecule has 0 atom stereocenters. The zero-order valence-electron chi connectivity index (χ0n) is 6.56. The van der Waals surface area contributed by atoms with Gasteiger partial charge in [0, 0.05) is 0 Å². The third kappa shape index (κ3) is 12.6. The standard InChI is InChI=1S/C5H5.C5H7.Ni/c1-2-4-5-3-1;1-3-5-4-2;/h1-3H,4H2;1,3-5H,2H3;/q2*-1;+2/b;5-4+;. The van der Waals surface area contributed by atoms with Gasteiger partial charge in [0.1, 0.15) is 0 Å². The van der Waals surface area contributed by atoms with Crippen LogP contribution >= 0.6 is 0 Å². The van der Waals surface area contributed by atoms with Crippen LogP contribution in [-0.2, 0) is 16.5 Å². The van der Waals surface area contributed by atoms with E-state index < -0.39 is 0 Å². The molecule has 62 valence electrons. The fraction of sp³-hybridized carbons (Fsp3) is 0.200. The van der Waals surface area contributed by atoms with Crippen LogP contribution < -0.4 is 0 Å². The van der Waals surface area contributed by atoms with E-state index >= 15 is 0 Å². The van der Waals surface area contributed by atoms with Gasteiger partial charge in [0.2, 0.25) is 0 Å². The molecule has 0 aromatic rings. The number of hydrogen-bond acceptors (Lipinski definition) is 0. The molecule has 0 fully saturated rings. The Balaban J connectivity index is 0. The van der Waals surface area contributed by atoms with Crippen LogP contribution in [0.25, 0.3) is 0 Å². The van der Waals surface area contributed by atoms with Crippen LogP contribution in [0.1, 0.15) is 13.3 Å². The molecule has 0 aromatic carbocycles. The Bertz CT molecular complexity index is 140. The average Bonchev–Trinajstić information content (AvgIpc) is 2.44. The molecule has 0 bridgehead atoms. The van der Waals surface area contributed by atoms with Gasteiger partial charge in [-0.1, -0.05) is 6.92 Å². The van der Waals surface area contributed by atoms with E-state index in [9.17, 15) is 0 Å². The van der Waals surface area contributed by atoms with Crippen LogP contribution in [0.3, 0.4) is 0 Å². The fourth-order valence-electron chi connectivity index (χ4n) is 0.451. The summed E-state index contributed by atoms with van der Waals surface area (Å²) in [7, 11) is 0. The summed E-state index contributed by atoms with van der Waals surface area (Å²) in [4.78, 5) is 0. The molecule has 0 aromatic heterocycles. The summed E-state index contributed by atoms with van der Waals surface area (Å²) in [5.74, 6) is 0. The summed E-state index contributed by atoms with van der Waals surface area (Å²) < 4.78 is 0. The summed E-state index contributed by atoms with van der Waals surface area (Å²) in [6, 6.07) is 0. The van der Waals surface area contributed by atoms with Gasteiger partial charge < -0.3 is 0 Å². The molecule has 0 N–H and O–H groups in total. The second-order valence-electron chi connectivity index (χ2n) is 1.72. The quantitative estimate of drug-likeness (QED) is 0.339. The molecule has 1 heteroatoms. The van der Waals surface area contributed by atoms with Gasteiger partial charge in [-0.25, -0.2) is 24.3 Å². The van der Waals surface area contributed by atoms with E-state index in [0.29, 0.717) is 0 Å². The van der Waals surface area contributed by atoms with E-state index in [1.165, 1.54) is 6.08 Å². The largest absolute Gasteiger partial charge is 2.00 e. The molecular weight excluding hydrogens is 179 g/mol. The van der Waals surface area contributed by atoms with Crippen molar-refractivity contribution in [2.45, 2.75) is 13.3 Å². The van der Waals surface area contributed by atoms with Crippen molar-refractivity contribution in [2.75, 3.05) is 0 Å². The summed E-state index contributed by atoms with van der Waals surface area (Å²) in [6.07, 6.45) is 15.2. The van der Waals surface area contributed by atoms with Gasteiger partial charge in [-0.2, -0.15) is 12.2 Å². The smallest absolute Gasteiger partial charge is 0.293 e. The second kappa shape index (κ2) is 12.2. The second-order valence-corrected chi connectivity index (χ2v) is 1.72. The van der Waals surface area contributed by atoms with Crippen molar-refractivity contribution < 1.29 is 16.5 Å². The van der Waals surface area contributed by atoms with Crippen LogP contribution in [-0.4, -0.2) is 0 Å². The van der Waals surface area contributed by atoms with Crippen LogP contribution in [0.2, 0.25) is 0 Å². The van der Waals surface area contributed by atoms with Crippen molar-refractivity contribution in [2.24, 2.45) is 0 Å². The molecule has 0 amide bonds. The molecule has 0 saturated heterocycles. The molecule has 1 aliphatic carbocycles. The normalized spacial score (nSPS) is 12.1. The van der Waals surface area contributed by atoms with Gasteiger partial charge in [-0.3, -0.25) is 12.7 Å². The first-order valence-corrected chi connectivity index (χ1v) is 3.29. The van der Waals surface area contributed by atoms with Crippen LogP contribution in [0.5, 0.6) is 0 Å². The predicted molar refractivity (Wildman–Crippen MR) is 45.3 cm³/mol. The Kier molecular flexibility index (Phi) is 14.5. The van der Waals surface area contributed by atoms with Crippen molar-refractivity contribution in [1.29, 1.82) is 0 Å². The molecule has 0 radical (unpaired) electrons. The first-order chi connectivity index (χ1) is 4.91. The summed E-state index contributed by atoms with van der Waals surface area (Å²) in [5, 5.41) is 0. The minimum Gasteiger partial charge on any atom is -0.293 e. The van der Waals surface area contributed by atoms with E-state index in [0.717, 1.165) is 6.42 Å². The molecule has 0 heterocycles. The van der Waals surface area contributed by atoms with Crippen molar-refractivity contribution >= 4 is 0 Å². The molecular formula is C10H12Ni. The van der Waals surface area contributed by atoms with E-state index in [-0.39, 0.29) is 16.5 Å². The predicted octanol–water partition coefficient (Wildman–Crippen LogP) is 2.85. The average molecular weight is 191 g/mol. The minimum atomic E-state index is 0. The summed E-state index contributed by atoms with van der Waals surface area (Å²) in [5.41, 5.74) is 0. The molecule has 0 nitrogen and oxygen atoms in total. The third-order valence-electron chi connectivity index (χ3n) is 0.889. The van der Waals surface area contributed by atoms with E-state index in [1.54, 1.807) is 6.08 Å². The summed E-state index contributed by atoms with van der Waals surface area (Å²) >= 11 is 0. The van der Waals surface area contributed by atoms with Crippen molar-refractivity contribution in [3.05, 3.63) is 49.1 Å². The van der Waals surface area contributed by atoms with Gasteiger partial charge in [0.25, 0.3) is 0 Å². The molecule has 0 spiro atoms. The van der Waals surface area contributed by atoms with Gasteiger partial charge in [0.05, 0.1) is 0 Å². The first-order valence-electron chi connectivity index (χ1n) is 3.29. The van der Waals surface area contributed by atoms with Crippen molar-refractivity contribution in [3.8, 4) is 0 Å². The van der Waals surface area contributed by atoms with Gasteiger partial charge >= 0.3 is 16.5 Å². The van der Waals surface area contributed by atoms with Crippen molar-refractivity contribution in [3.63, 3.8) is 0 Å². The van der Waals surface area contributed by atoms with Crippen molar-refractivity contribution in [1.82, 2.24) is 0 Å². The number of allylic oxidation sites excluding steroid dienone is 7. The monoisotopic (exact) mass is 190 g/mol. The van der Waals surface area contributed by atoms with E-state index in [2.05, 4.69) is 12.2 Å². The number of rotatable bonds is 1. The fourth-order valence-corrected chi connectivity index (χ4v) is 0.451. The van der Waals surface area contributed by atoms with Crippen LogP contribution in [0.4, 0.5) is 0 Å². The Morgan fingerprint density at radius 1 is 1.55 bits per heavy atom. The SMILES string of the molecule is [C-]1=CC=CC1.[CH-]=C/C=C/C.[Ni+2]. The maximum Gasteiger partial charge on any atom is 2.00 e. The van der Waals surface area contributed by atoms with E-state index in [1.807, 2.05) is 25.2 Å². The maximum absolute atomic E-state index is 4.93. The Morgan fingerprint density at radius 2 is 2.27 bits per heavy atom. The summed E-state index contributed by atoms with van der Waals surface area (Å²) in [6.45, 7) is 6.85. The maximum atomic E-state index is 4.93. The topological polar surface area (TPSA) is 0 Å². The van der Waals surface area contributed by atoms with Crippen LogP contribution in [0, 0.1) is 12.7 Å². The molecule has 1 aliphatic rings. The zero-order valence-corrected chi connectivity index (χ0v) is 7.55. The van der Waals surface area contributed by atoms with Crippen LogP contribution in [0.15, 0.2) is 36.5 Å². The molecule has 11 heavy (non-hydrogen) atoms. The Hall–Kier alpha value is -0.546. The first kappa shape index (κ1) is 13.1. The van der Waals surface area contributed by atoms with Gasteiger partial charge in [-0.15, -0.1) is 6.42 Å². The molecule has 0 saturated carbocycles. The zero-order chi connectivity index (χ0) is 7.66. The molecule has 0 unspecified atom stereocenters. The van der Waals surface area contributed by atoms with E-state index in [4.69, 9.17) is 6.58 Å². The van der Waals surface area contributed by atoms with Gasteiger partial charge in [-0.05, 0) is 0 Å².